The summed E-state index contributed by atoms with van der Waals surface area (Å²) in [5.74, 6) is 0.488. The molecule has 4 rings (SSSR count). The summed E-state index contributed by atoms with van der Waals surface area (Å²) in [5.41, 5.74) is 1.85. The normalized spacial score (nSPS) is 16.0. The number of para-hydroxylation sites is 1. The molecule has 0 spiro atoms. The van der Waals surface area contributed by atoms with Gasteiger partial charge in [-0.1, -0.05) is 59.3 Å². The molecule has 1 aliphatic heterocycles. The van der Waals surface area contributed by atoms with Gasteiger partial charge in [-0.2, -0.15) is 0 Å². The monoisotopic (exact) mass is 371 g/mol. The van der Waals surface area contributed by atoms with Gasteiger partial charge < -0.3 is 10.1 Å². The van der Waals surface area contributed by atoms with E-state index in [4.69, 9.17) is 16.3 Å². The van der Waals surface area contributed by atoms with E-state index in [1.165, 1.54) is 11.3 Å². The molecule has 2 aromatic carbocycles. The second kappa shape index (κ2) is 6.82. The molecular weight excluding hydrogens is 358 g/mol. The van der Waals surface area contributed by atoms with E-state index in [9.17, 15) is 4.79 Å². The molecule has 0 aliphatic carbocycles. The quantitative estimate of drug-likeness (QED) is 0.754. The van der Waals surface area contributed by atoms with Crippen LogP contribution in [0.4, 0.5) is 5.13 Å². The van der Waals surface area contributed by atoms with Crippen LogP contribution in [-0.4, -0.2) is 22.7 Å². The van der Waals surface area contributed by atoms with Gasteiger partial charge in [0.15, 0.2) is 5.01 Å². The number of amides is 1. The van der Waals surface area contributed by atoms with Crippen molar-refractivity contribution >= 4 is 34.0 Å². The molecule has 126 valence electrons. The predicted molar refractivity (Wildman–Crippen MR) is 98.1 cm³/mol. The highest BCUT2D eigenvalue weighted by molar-refractivity contribution is 7.18. The predicted octanol–water partition coefficient (Wildman–Crippen LogP) is 4.05. The van der Waals surface area contributed by atoms with E-state index >= 15 is 0 Å². The van der Waals surface area contributed by atoms with Crippen molar-refractivity contribution in [3.8, 4) is 16.3 Å². The molecule has 0 radical (unpaired) electrons. The number of aromatic nitrogens is 2. The summed E-state index contributed by atoms with van der Waals surface area (Å²) in [6.07, 6.45) is 0.651. The standard InChI is InChI=1S/C18H14ClN3O2S/c19-14-7-3-2-6-13(14)17-21-22-18(25-17)20-16(23)12-9-11-5-1-4-8-15(11)24-10-12/h1-8,12H,9-10H2,(H,20,22,23). The summed E-state index contributed by atoms with van der Waals surface area (Å²) in [6.45, 7) is 0.360. The van der Waals surface area contributed by atoms with Crippen LogP contribution in [0.15, 0.2) is 48.5 Å². The van der Waals surface area contributed by atoms with Crippen molar-refractivity contribution in [1.82, 2.24) is 10.2 Å². The van der Waals surface area contributed by atoms with Crippen molar-refractivity contribution in [2.45, 2.75) is 6.42 Å². The average Bonchev–Trinajstić information content (AvgIpc) is 3.10. The van der Waals surface area contributed by atoms with Gasteiger partial charge in [-0.15, -0.1) is 10.2 Å². The molecule has 0 fully saturated rings. The van der Waals surface area contributed by atoms with Crippen molar-refractivity contribution in [2.24, 2.45) is 5.92 Å². The fraction of sp³-hybridized carbons (Fsp3) is 0.167. The van der Waals surface area contributed by atoms with Crippen molar-refractivity contribution < 1.29 is 9.53 Å². The molecule has 25 heavy (non-hydrogen) atoms. The minimum atomic E-state index is -0.248. The maximum atomic E-state index is 12.5. The summed E-state index contributed by atoms with van der Waals surface area (Å²) in [4.78, 5) is 12.5. The van der Waals surface area contributed by atoms with Crippen molar-refractivity contribution in [3.63, 3.8) is 0 Å². The molecular formula is C18H14ClN3O2S. The summed E-state index contributed by atoms with van der Waals surface area (Å²) < 4.78 is 5.67. The number of ether oxygens (including phenoxy) is 1. The number of hydrogen-bond acceptors (Lipinski definition) is 5. The van der Waals surface area contributed by atoms with E-state index in [1.54, 1.807) is 6.07 Å². The van der Waals surface area contributed by atoms with E-state index in [1.807, 2.05) is 42.5 Å². The van der Waals surface area contributed by atoms with Crippen LogP contribution >= 0.6 is 22.9 Å². The molecule has 0 bridgehead atoms. The second-order valence-corrected chi connectivity index (χ2v) is 7.09. The molecule has 3 aromatic rings. The lowest BCUT2D eigenvalue weighted by atomic mass is 9.96. The Morgan fingerprint density at radius 3 is 2.84 bits per heavy atom. The molecule has 2 heterocycles. The van der Waals surface area contributed by atoms with E-state index in [2.05, 4.69) is 15.5 Å². The number of benzene rings is 2. The third-order valence-electron chi connectivity index (χ3n) is 4.01. The van der Waals surface area contributed by atoms with Gasteiger partial charge in [0.1, 0.15) is 12.4 Å². The Morgan fingerprint density at radius 1 is 1.16 bits per heavy atom. The van der Waals surface area contributed by atoms with Crippen molar-refractivity contribution in [3.05, 3.63) is 59.1 Å². The molecule has 1 unspecified atom stereocenters. The lowest BCUT2D eigenvalue weighted by Crippen LogP contribution is -2.32. The van der Waals surface area contributed by atoms with E-state index in [-0.39, 0.29) is 11.8 Å². The van der Waals surface area contributed by atoms with Gasteiger partial charge in [0.2, 0.25) is 11.0 Å². The Bertz CT molecular complexity index is 928. The maximum absolute atomic E-state index is 12.5. The smallest absolute Gasteiger partial charge is 0.233 e. The molecule has 0 saturated carbocycles. The summed E-state index contributed by atoms with van der Waals surface area (Å²) in [5, 5.41) is 12.7. The third kappa shape index (κ3) is 3.36. The van der Waals surface area contributed by atoms with Crippen LogP contribution in [0.3, 0.4) is 0 Å². The number of hydrogen-bond donors (Lipinski definition) is 1. The number of carbonyl (C=O) groups excluding carboxylic acids is 1. The molecule has 1 aromatic heterocycles. The van der Waals surface area contributed by atoms with Crippen LogP contribution in [-0.2, 0) is 11.2 Å². The minimum Gasteiger partial charge on any atom is -0.492 e. The molecule has 0 saturated heterocycles. The highest BCUT2D eigenvalue weighted by Crippen LogP contribution is 2.32. The van der Waals surface area contributed by atoms with Gasteiger partial charge in [0, 0.05) is 5.56 Å². The fourth-order valence-corrected chi connectivity index (χ4v) is 3.79. The Balaban J connectivity index is 1.47. The first-order valence-corrected chi connectivity index (χ1v) is 9.00. The van der Waals surface area contributed by atoms with Gasteiger partial charge >= 0.3 is 0 Å². The summed E-state index contributed by atoms with van der Waals surface area (Å²) >= 11 is 7.48. The van der Waals surface area contributed by atoms with Gasteiger partial charge in [0.25, 0.3) is 0 Å². The van der Waals surface area contributed by atoms with E-state index in [0.717, 1.165) is 16.9 Å². The molecule has 1 amide bonds. The molecule has 7 heteroatoms. The number of anilines is 1. The Morgan fingerprint density at radius 2 is 1.96 bits per heavy atom. The van der Waals surface area contributed by atoms with Crippen LogP contribution in [0.2, 0.25) is 5.02 Å². The molecule has 1 atom stereocenters. The van der Waals surface area contributed by atoms with E-state index < -0.39 is 0 Å². The number of halogens is 1. The number of fused-ring (bicyclic) bond motifs is 1. The van der Waals surface area contributed by atoms with Crippen molar-refractivity contribution in [1.29, 1.82) is 0 Å². The molecule has 1 aliphatic rings. The fourth-order valence-electron chi connectivity index (χ4n) is 2.72. The zero-order valence-corrected chi connectivity index (χ0v) is 14.7. The second-order valence-electron chi connectivity index (χ2n) is 5.70. The highest BCUT2D eigenvalue weighted by atomic mass is 35.5. The van der Waals surface area contributed by atoms with Gasteiger partial charge in [0.05, 0.1) is 10.9 Å². The first kappa shape index (κ1) is 16.1. The Hall–Kier alpha value is -2.44. The number of carbonyl (C=O) groups is 1. The largest absolute Gasteiger partial charge is 0.492 e. The van der Waals surface area contributed by atoms with Crippen LogP contribution in [0, 0.1) is 5.92 Å². The minimum absolute atomic E-state index is 0.114. The van der Waals surface area contributed by atoms with Crippen LogP contribution in [0.1, 0.15) is 5.56 Å². The number of rotatable bonds is 3. The first-order valence-electron chi connectivity index (χ1n) is 7.80. The Labute approximate surface area is 153 Å². The zero-order valence-electron chi connectivity index (χ0n) is 13.1. The van der Waals surface area contributed by atoms with Crippen molar-refractivity contribution in [2.75, 3.05) is 11.9 Å². The lowest BCUT2D eigenvalue weighted by molar-refractivity contribution is -0.121. The summed E-state index contributed by atoms with van der Waals surface area (Å²) in [7, 11) is 0. The Kier molecular flexibility index (Phi) is 4.38. The zero-order chi connectivity index (χ0) is 17.2. The highest BCUT2D eigenvalue weighted by Gasteiger charge is 2.26. The van der Waals surface area contributed by atoms with Crippen LogP contribution in [0.25, 0.3) is 10.6 Å². The topological polar surface area (TPSA) is 64.1 Å². The number of nitrogens with one attached hydrogen (secondary N) is 1. The maximum Gasteiger partial charge on any atom is 0.233 e. The third-order valence-corrected chi connectivity index (χ3v) is 5.21. The molecule has 5 nitrogen and oxygen atoms in total. The SMILES string of the molecule is O=C(Nc1nnc(-c2ccccc2Cl)s1)C1COc2ccccc2C1. The first-order chi connectivity index (χ1) is 12.2. The number of nitrogens with zero attached hydrogens (tertiary/aromatic N) is 2. The van der Waals surface area contributed by atoms with Gasteiger partial charge in [-0.05, 0) is 24.1 Å². The van der Waals surface area contributed by atoms with E-state index in [0.29, 0.717) is 28.2 Å². The van der Waals surface area contributed by atoms with Crippen LogP contribution < -0.4 is 10.1 Å². The van der Waals surface area contributed by atoms with Gasteiger partial charge in [-0.3, -0.25) is 4.79 Å². The average molecular weight is 372 g/mol. The van der Waals surface area contributed by atoms with Crippen LogP contribution in [0.5, 0.6) is 5.75 Å². The summed E-state index contributed by atoms with van der Waals surface area (Å²) in [6, 6.07) is 15.2. The van der Waals surface area contributed by atoms with Gasteiger partial charge in [-0.25, -0.2) is 0 Å². The lowest BCUT2D eigenvalue weighted by Gasteiger charge is -2.23. The molecule has 1 N–H and O–H groups in total.